The van der Waals surface area contributed by atoms with Crippen LogP contribution in [0.3, 0.4) is 0 Å². The third-order valence-electron chi connectivity index (χ3n) is 2.76. The average Bonchev–Trinajstić information content (AvgIpc) is 2.80. The minimum Gasteiger partial charge on any atom is -0.468 e. The number of hydrogen-bond donors (Lipinski definition) is 1. The molecule has 96 valence electrons. The van der Waals surface area contributed by atoms with Crippen LogP contribution in [0.15, 0.2) is 41.0 Å². The van der Waals surface area contributed by atoms with E-state index in [4.69, 9.17) is 4.42 Å². The Balaban J connectivity index is 1.85. The molecule has 1 heterocycles. The topological polar surface area (TPSA) is 25.2 Å². The SMILES string of the molecule is CC(NCCc1cc(F)cc(F)c1)c1ccco1. The lowest BCUT2D eigenvalue weighted by Gasteiger charge is -2.11. The molecule has 0 spiro atoms. The zero-order chi connectivity index (χ0) is 13.0. The van der Waals surface area contributed by atoms with Gasteiger partial charge in [-0.1, -0.05) is 0 Å². The fourth-order valence-electron chi connectivity index (χ4n) is 1.83. The minimum atomic E-state index is -0.538. The highest BCUT2D eigenvalue weighted by Crippen LogP contribution is 2.13. The normalized spacial score (nSPS) is 12.6. The summed E-state index contributed by atoms with van der Waals surface area (Å²) in [6.45, 7) is 2.61. The molecule has 0 saturated carbocycles. The zero-order valence-electron chi connectivity index (χ0n) is 10.1. The van der Waals surface area contributed by atoms with Crippen LogP contribution in [0, 0.1) is 11.6 Å². The van der Waals surface area contributed by atoms with Crippen LogP contribution >= 0.6 is 0 Å². The molecule has 1 N–H and O–H groups in total. The van der Waals surface area contributed by atoms with Crippen molar-refractivity contribution >= 4 is 0 Å². The third-order valence-corrected chi connectivity index (χ3v) is 2.76. The number of halogens is 2. The van der Waals surface area contributed by atoms with Crippen molar-refractivity contribution in [2.24, 2.45) is 0 Å². The molecule has 0 fully saturated rings. The Morgan fingerprint density at radius 2 is 1.94 bits per heavy atom. The van der Waals surface area contributed by atoms with Gasteiger partial charge in [0.2, 0.25) is 0 Å². The van der Waals surface area contributed by atoms with Crippen LogP contribution in [-0.4, -0.2) is 6.54 Å². The van der Waals surface area contributed by atoms with Crippen molar-refractivity contribution in [2.75, 3.05) is 6.54 Å². The molecule has 0 aliphatic rings. The quantitative estimate of drug-likeness (QED) is 0.880. The highest BCUT2D eigenvalue weighted by molar-refractivity contribution is 5.18. The van der Waals surface area contributed by atoms with Gasteiger partial charge in [-0.05, 0) is 49.7 Å². The van der Waals surface area contributed by atoms with Crippen molar-refractivity contribution in [1.82, 2.24) is 5.32 Å². The van der Waals surface area contributed by atoms with Crippen LogP contribution in [-0.2, 0) is 6.42 Å². The molecule has 1 unspecified atom stereocenters. The second kappa shape index (κ2) is 5.78. The van der Waals surface area contributed by atoms with Crippen LogP contribution in [0.2, 0.25) is 0 Å². The summed E-state index contributed by atoms with van der Waals surface area (Å²) in [7, 11) is 0. The number of rotatable bonds is 5. The Morgan fingerprint density at radius 3 is 2.56 bits per heavy atom. The molecule has 1 atom stereocenters. The van der Waals surface area contributed by atoms with E-state index >= 15 is 0 Å². The minimum absolute atomic E-state index is 0.0819. The van der Waals surface area contributed by atoms with Crippen molar-refractivity contribution in [2.45, 2.75) is 19.4 Å². The summed E-state index contributed by atoms with van der Waals surface area (Å²) in [5.74, 6) is -0.228. The van der Waals surface area contributed by atoms with Gasteiger partial charge in [0.1, 0.15) is 17.4 Å². The second-order valence-electron chi connectivity index (χ2n) is 4.22. The van der Waals surface area contributed by atoms with Gasteiger partial charge >= 0.3 is 0 Å². The summed E-state index contributed by atoms with van der Waals surface area (Å²) >= 11 is 0. The molecular formula is C14H15F2NO. The number of furan rings is 1. The second-order valence-corrected chi connectivity index (χ2v) is 4.22. The molecule has 2 aromatic rings. The van der Waals surface area contributed by atoms with E-state index in [1.54, 1.807) is 6.26 Å². The lowest BCUT2D eigenvalue weighted by Crippen LogP contribution is -2.21. The molecule has 0 saturated heterocycles. The first-order valence-electron chi connectivity index (χ1n) is 5.87. The Kier molecular flexibility index (Phi) is 4.10. The predicted molar refractivity (Wildman–Crippen MR) is 65.2 cm³/mol. The summed E-state index contributed by atoms with van der Waals surface area (Å²) in [5.41, 5.74) is 0.645. The van der Waals surface area contributed by atoms with E-state index in [9.17, 15) is 8.78 Å². The van der Waals surface area contributed by atoms with Crippen LogP contribution < -0.4 is 5.32 Å². The van der Waals surface area contributed by atoms with Crippen LogP contribution in [0.4, 0.5) is 8.78 Å². The maximum atomic E-state index is 13.0. The summed E-state index contributed by atoms with van der Waals surface area (Å²) in [5, 5.41) is 3.23. The number of benzene rings is 1. The Morgan fingerprint density at radius 1 is 1.22 bits per heavy atom. The lowest BCUT2D eigenvalue weighted by atomic mass is 10.1. The molecule has 2 nitrogen and oxygen atoms in total. The predicted octanol–water partition coefficient (Wildman–Crippen LogP) is 3.45. The number of nitrogens with one attached hydrogen (secondary N) is 1. The summed E-state index contributed by atoms with van der Waals surface area (Å²) in [4.78, 5) is 0. The lowest BCUT2D eigenvalue weighted by molar-refractivity contribution is 0.432. The van der Waals surface area contributed by atoms with Gasteiger partial charge in [-0.15, -0.1) is 0 Å². The Hall–Kier alpha value is -1.68. The largest absolute Gasteiger partial charge is 0.468 e. The molecular weight excluding hydrogens is 236 g/mol. The molecule has 1 aromatic carbocycles. The first-order chi connectivity index (χ1) is 8.65. The van der Waals surface area contributed by atoms with E-state index < -0.39 is 11.6 Å². The van der Waals surface area contributed by atoms with Gasteiger partial charge in [0.15, 0.2) is 0 Å². The monoisotopic (exact) mass is 251 g/mol. The molecule has 0 amide bonds. The molecule has 0 bridgehead atoms. The zero-order valence-corrected chi connectivity index (χ0v) is 10.1. The highest BCUT2D eigenvalue weighted by Gasteiger charge is 2.07. The maximum absolute atomic E-state index is 13.0. The van der Waals surface area contributed by atoms with Crippen LogP contribution in [0.5, 0.6) is 0 Å². The molecule has 18 heavy (non-hydrogen) atoms. The van der Waals surface area contributed by atoms with E-state index in [0.29, 0.717) is 18.5 Å². The van der Waals surface area contributed by atoms with Crippen molar-refractivity contribution < 1.29 is 13.2 Å². The summed E-state index contributed by atoms with van der Waals surface area (Å²) < 4.78 is 31.2. The van der Waals surface area contributed by atoms with Gasteiger partial charge in [-0.2, -0.15) is 0 Å². The molecule has 1 aromatic heterocycles. The maximum Gasteiger partial charge on any atom is 0.126 e. The van der Waals surface area contributed by atoms with Crippen molar-refractivity contribution in [1.29, 1.82) is 0 Å². The van der Waals surface area contributed by atoms with E-state index in [1.807, 2.05) is 19.1 Å². The van der Waals surface area contributed by atoms with Gasteiger partial charge in [-0.3, -0.25) is 0 Å². The van der Waals surface area contributed by atoms with Gasteiger partial charge in [0.25, 0.3) is 0 Å². The van der Waals surface area contributed by atoms with E-state index in [-0.39, 0.29) is 6.04 Å². The molecule has 0 aliphatic heterocycles. The first kappa shape index (κ1) is 12.8. The smallest absolute Gasteiger partial charge is 0.126 e. The molecule has 0 aliphatic carbocycles. The summed E-state index contributed by atoms with van der Waals surface area (Å²) in [6, 6.07) is 7.38. The van der Waals surface area contributed by atoms with Gasteiger partial charge in [-0.25, -0.2) is 8.78 Å². The third kappa shape index (κ3) is 3.40. The van der Waals surface area contributed by atoms with Crippen molar-refractivity contribution in [3.05, 3.63) is 59.6 Å². The van der Waals surface area contributed by atoms with E-state index in [0.717, 1.165) is 11.8 Å². The van der Waals surface area contributed by atoms with Crippen LogP contribution in [0.1, 0.15) is 24.3 Å². The Bertz CT molecular complexity index is 476. The Labute approximate surface area is 105 Å². The van der Waals surface area contributed by atoms with Crippen molar-refractivity contribution in [3.8, 4) is 0 Å². The van der Waals surface area contributed by atoms with Gasteiger partial charge in [0.05, 0.1) is 12.3 Å². The average molecular weight is 251 g/mol. The standard InChI is InChI=1S/C14H15F2NO/c1-10(14-3-2-6-18-14)17-5-4-11-7-12(15)9-13(16)8-11/h2-3,6-10,17H,4-5H2,1H3. The number of hydrogen-bond acceptors (Lipinski definition) is 2. The van der Waals surface area contributed by atoms with E-state index in [2.05, 4.69) is 5.32 Å². The van der Waals surface area contributed by atoms with Gasteiger partial charge < -0.3 is 9.73 Å². The molecule has 0 radical (unpaired) electrons. The fourth-order valence-corrected chi connectivity index (χ4v) is 1.83. The summed E-state index contributed by atoms with van der Waals surface area (Å²) in [6.07, 6.45) is 2.19. The van der Waals surface area contributed by atoms with Gasteiger partial charge in [0, 0.05) is 6.07 Å². The first-order valence-corrected chi connectivity index (χ1v) is 5.87. The van der Waals surface area contributed by atoms with Crippen molar-refractivity contribution in [3.63, 3.8) is 0 Å². The van der Waals surface area contributed by atoms with E-state index in [1.165, 1.54) is 12.1 Å². The van der Waals surface area contributed by atoms with Crippen LogP contribution in [0.25, 0.3) is 0 Å². The molecule has 2 rings (SSSR count). The molecule has 4 heteroatoms. The highest BCUT2D eigenvalue weighted by atomic mass is 19.1. The fraction of sp³-hybridized carbons (Fsp3) is 0.286.